The van der Waals surface area contributed by atoms with Crippen LogP contribution in [0.5, 0.6) is 0 Å². The van der Waals surface area contributed by atoms with Crippen LogP contribution in [0.15, 0.2) is 0 Å². The largest absolute Gasteiger partial charge is 0.353 e. The zero-order valence-electron chi connectivity index (χ0n) is 13.8. The molecule has 4 nitrogen and oxygen atoms in total. The lowest BCUT2D eigenvalue weighted by Crippen LogP contribution is -2.47. The van der Waals surface area contributed by atoms with Gasteiger partial charge >= 0.3 is 0 Å². The van der Waals surface area contributed by atoms with E-state index in [-0.39, 0.29) is 5.91 Å². The van der Waals surface area contributed by atoms with Crippen LogP contribution in [0.3, 0.4) is 0 Å². The molecule has 0 radical (unpaired) electrons. The van der Waals surface area contributed by atoms with Gasteiger partial charge in [0, 0.05) is 25.0 Å². The summed E-state index contributed by atoms with van der Waals surface area (Å²) in [5.41, 5.74) is 5.67. The number of amides is 1. The maximum absolute atomic E-state index is 12.2. The quantitative estimate of drug-likeness (QED) is 0.756. The number of carbonyl (C=O) groups excluding carboxylic acids is 1. The molecule has 0 aromatic rings. The molecule has 21 heavy (non-hydrogen) atoms. The van der Waals surface area contributed by atoms with Crippen LogP contribution in [0, 0.1) is 11.8 Å². The Bertz CT molecular complexity index is 332. The van der Waals surface area contributed by atoms with E-state index in [9.17, 15) is 4.79 Å². The van der Waals surface area contributed by atoms with Gasteiger partial charge in [-0.3, -0.25) is 4.79 Å². The van der Waals surface area contributed by atoms with E-state index in [1.165, 1.54) is 19.4 Å². The average molecular weight is 295 g/mol. The Hall–Kier alpha value is -0.610. The summed E-state index contributed by atoms with van der Waals surface area (Å²) in [6.45, 7) is 7.62. The zero-order valence-corrected chi connectivity index (χ0v) is 13.8. The number of hydrogen-bond donors (Lipinski definition) is 2. The van der Waals surface area contributed by atoms with E-state index in [0.29, 0.717) is 24.3 Å². The second kappa shape index (κ2) is 8.14. The second-order valence-corrected chi connectivity index (χ2v) is 7.24. The topological polar surface area (TPSA) is 58.4 Å². The Morgan fingerprint density at radius 2 is 2.10 bits per heavy atom. The van der Waals surface area contributed by atoms with Gasteiger partial charge in [-0.1, -0.05) is 13.8 Å². The maximum atomic E-state index is 12.2. The average Bonchev–Trinajstić information content (AvgIpc) is 2.90. The SMILES string of the molecule is CC(C)C(CCN)CCC(=O)NC1CCN2CCCC2C1. The van der Waals surface area contributed by atoms with Gasteiger partial charge in [-0.05, 0) is 63.5 Å². The van der Waals surface area contributed by atoms with Crippen molar-refractivity contribution in [3.8, 4) is 0 Å². The van der Waals surface area contributed by atoms with Crippen LogP contribution in [0.4, 0.5) is 0 Å². The molecule has 0 aromatic carbocycles. The number of nitrogens with two attached hydrogens (primary N) is 1. The molecule has 4 heteroatoms. The number of carbonyl (C=O) groups is 1. The molecule has 0 aromatic heterocycles. The monoisotopic (exact) mass is 295 g/mol. The summed E-state index contributed by atoms with van der Waals surface area (Å²) in [6, 6.07) is 1.13. The number of rotatable bonds is 7. The molecule has 122 valence electrons. The van der Waals surface area contributed by atoms with Crippen molar-refractivity contribution in [2.75, 3.05) is 19.6 Å². The summed E-state index contributed by atoms with van der Waals surface area (Å²) >= 11 is 0. The first-order valence-electron chi connectivity index (χ1n) is 8.83. The molecule has 3 unspecified atom stereocenters. The number of fused-ring (bicyclic) bond motifs is 1. The third-order valence-electron chi connectivity index (χ3n) is 5.41. The summed E-state index contributed by atoms with van der Waals surface area (Å²) in [5, 5.41) is 3.27. The summed E-state index contributed by atoms with van der Waals surface area (Å²) in [5.74, 6) is 1.44. The van der Waals surface area contributed by atoms with Crippen molar-refractivity contribution < 1.29 is 4.79 Å². The fraction of sp³-hybridized carbons (Fsp3) is 0.941. The maximum Gasteiger partial charge on any atom is 0.220 e. The first-order chi connectivity index (χ1) is 10.1. The molecule has 2 fully saturated rings. The van der Waals surface area contributed by atoms with Crippen LogP contribution >= 0.6 is 0 Å². The van der Waals surface area contributed by atoms with Gasteiger partial charge in [-0.25, -0.2) is 0 Å². The Balaban J connectivity index is 1.69. The van der Waals surface area contributed by atoms with Crippen molar-refractivity contribution in [1.82, 2.24) is 10.2 Å². The highest BCUT2D eigenvalue weighted by molar-refractivity contribution is 5.76. The van der Waals surface area contributed by atoms with Crippen molar-refractivity contribution in [3.05, 3.63) is 0 Å². The van der Waals surface area contributed by atoms with Crippen LogP contribution in [-0.2, 0) is 4.79 Å². The minimum atomic E-state index is 0.245. The minimum absolute atomic E-state index is 0.245. The number of nitrogens with zero attached hydrogens (tertiary/aromatic N) is 1. The van der Waals surface area contributed by atoms with Crippen molar-refractivity contribution in [1.29, 1.82) is 0 Å². The lowest BCUT2D eigenvalue weighted by atomic mass is 9.88. The highest BCUT2D eigenvalue weighted by atomic mass is 16.1. The Morgan fingerprint density at radius 3 is 2.81 bits per heavy atom. The first kappa shape index (κ1) is 16.8. The van der Waals surface area contributed by atoms with Gasteiger partial charge in [-0.15, -0.1) is 0 Å². The van der Waals surface area contributed by atoms with Crippen molar-refractivity contribution >= 4 is 5.91 Å². The molecule has 3 atom stereocenters. The van der Waals surface area contributed by atoms with E-state index in [2.05, 4.69) is 24.1 Å². The van der Waals surface area contributed by atoms with Gasteiger partial charge in [0.2, 0.25) is 5.91 Å². The highest BCUT2D eigenvalue weighted by Gasteiger charge is 2.32. The van der Waals surface area contributed by atoms with E-state index in [1.54, 1.807) is 0 Å². The van der Waals surface area contributed by atoms with Gasteiger partial charge in [-0.2, -0.15) is 0 Å². The molecule has 3 N–H and O–H groups in total. The van der Waals surface area contributed by atoms with Crippen molar-refractivity contribution in [2.45, 2.75) is 70.9 Å². The van der Waals surface area contributed by atoms with Crippen molar-refractivity contribution in [3.63, 3.8) is 0 Å². The molecule has 0 aliphatic carbocycles. The smallest absolute Gasteiger partial charge is 0.220 e. The molecular formula is C17H33N3O. The van der Waals surface area contributed by atoms with E-state index in [4.69, 9.17) is 5.73 Å². The molecule has 0 saturated carbocycles. The summed E-state index contributed by atoms with van der Waals surface area (Å²) in [4.78, 5) is 14.8. The molecule has 2 heterocycles. The second-order valence-electron chi connectivity index (χ2n) is 7.24. The normalized spacial score (nSPS) is 27.6. The Morgan fingerprint density at radius 1 is 1.29 bits per heavy atom. The third-order valence-corrected chi connectivity index (χ3v) is 5.41. The van der Waals surface area contributed by atoms with E-state index in [1.807, 2.05) is 0 Å². The molecule has 1 amide bonds. The molecule has 0 spiro atoms. The van der Waals surface area contributed by atoms with Gasteiger partial charge in [0.25, 0.3) is 0 Å². The summed E-state index contributed by atoms with van der Waals surface area (Å²) in [7, 11) is 0. The van der Waals surface area contributed by atoms with E-state index >= 15 is 0 Å². The molecular weight excluding hydrogens is 262 g/mol. The van der Waals surface area contributed by atoms with E-state index in [0.717, 1.165) is 44.8 Å². The predicted octanol–water partition coefficient (Wildman–Crippen LogP) is 2.13. The van der Waals surface area contributed by atoms with E-state index < -0.39 is 0 Å². The van der Waals surface area contributed by atoms with Gasteiger partial charge in [0.15, 0.2) is 0 Å². The molecule has 2 aliphatic rings. The van der Waals surface area contributed by atoms with Gasteiger partial charge in [0.1, 0.15) is 0 Å². The van der Waals surface area contributed by atoms with Crippen LogP contribution < -0.4 is 11.1 Å². The number of piperidine rings is 1. The lowest BCUT2D eigenvalue weighted by Gasteiger charge is -2.35. The summed E-state index contributed by atoms with van der Waals surface area (Å²) < 4.78 is 0. The first-order valence-corrected chi connectivity index (χ1v) is 8.83. The number of hydrogen-bond acceptors (Lipinski definition) is 3. The lowest BCUT2D eigenvalue weighted by molar-refractivity contribution is -0.122. The Labute approximate surface area is 129 Å². The van der Waals surface area contributed by atoms with Crippen LogP contribution in [0.1, 0.15) is 58.8 Å². The minimum Gasteiger partial charge on any atom is -0.353 e. The predicted molar refractivity (Wildman–Crippen MR) is 87.0 cm³/mol. The molecule has 2 saturated heterocycles. The molecule has 2 rings (SSSR count). The van der Waals surface area contributed by atoms with Gasteiger partial charge < -0.3 is 16.0 Å². The molecule has 0 bridgehead atoms. The highest BCUT2D eigenvalue weighted by Crippen LogP contribution is 2.27. The van der Waals surface area contributed by atoms with Crippen LogP contribution in [0.25, 0.3) is 0 Å². The number of nitrogens with one attached hydrogen (secondary N) is 1. The fourth-order valence-corrected chi connectivity index (χ4v) is 4.00. The van der Waals surface area contributed by atoms with Gasteiger partial charge in [0.05, 0.1) is 0 Å². The zero-order chi connectivity index (χ0) is 15.2. The van der Waals surface area contributed by atoms with Crippen LogP contribution in [-0.4, -0.2) is 42.5 Å². The fourth-order valence-electron chi connectivity index (χ4n) is 4.00. The standard InChI is InChI=1S/C17H33N3O/c1-13(2)14(7-9-18)5-6-17(21)19-15-8-11-20-10-3-4-16(20)12-15/h13-16H,3-12,18H2,1-2H3,(H,19,21). The van der Waals surface area contributed by atoms with Crippen LogP contribution in [0.2, 0.25) is 0 Å². The molecule has 2 aliphatic heterocycles. The summed E-state index contributed by atoms with van der Waals surface area (Å²) in [6.07, 6.45) is 7.60. The Kier molecular flexibility index (Phi) is 6.49. The third kappa shape index (κ3) is 4.96. The van der Waals surface area contributed by atoms with Crippen molar-refractivity contribution in [2.24, 2.45) is 17.6 Å².